The second-order valence-corrected chi connectivity index (χ2v) is 9.07. The molecule has 10 heteroatoms. The number of anilines is 2. The largest absolute Gasteiger partial charge is 0.491 e. The fourth-order valence-electron chi connectivity index (χ4n) is 5.29. The van der Waals surface area contributed by atoms with Gasteiger partial charge in [-0.25, -0.2) is 4.98 Å². The number of aliphatic imine (C=N–C) groups is 1. The van der Waals surface area contributed by atoms with Gasteiger partial charge >= 0.3 is 0 Å². The fourth-order valence-corrected chi connectivity index (χ4v) is 5.29. The van der Waals surface area contributed by atoms with Crippen molar-refractivity contribution in [1.29, 1.82) is 5.26 Å². The Bertz CT molecular complexity index is 918. The van der Waals surface area contributed by atoms with Crippen LogP contribution in [0.3, 0.4) is 0 Å². The van der Waals surface area contributed by atoms with E-state index >= 15 is 0 Å². The van der Waals surface area contributed by atoms with E-state index in [2.05, 4.69) is 48.0 Å². The lowest BCUT2D eigenvalue weighted by molar-refractivity contribution is -0.000702. The maximum Gasteiger partial charge on any atom is 0.229 e. The lowest BCUT2D eigenvalue weighted by atomic mass is 9.83. The monoisotopic (exact) mass is 439 g/mol. The molecular formula is C22H33N9O. The molecule has 3 saturated heterocycles. The van der Waals surface area contributed by atoms with Crippen LogP contribution >= 0.6 is 0 Å². The third-order valence-electron chi connectivity index (χ3n) is 6.83. The van der Waals surface area contributed by atoms with Gasteiger partial charge in [-0.15, -0.1) is 0 Å². The normalized spacial score (nSPS) is 25.9. The van der Waals surface area contributed by atoms with E-state index in [1.807, 2.05) is 0 Å². The highest BCUT2D eigenvalue weighted by Crippen LogP contribution is 2.40. The van der Waals surface area contributed by atoms with Gasteiger partial charge in [-0.2, -0.15) is 10.2 Å². The second-order valence-electron chi connectivity index (χ2n) is 9.07. The Labute approximate surface area is 189 Å². The summed E-state index contributed by atoms with van der Waals surface area (Å²) in [5, 5.41) is 12.7. The molecule has 3 aliphatic heterocycles. The maximum absolute atomic E-state index is 9.61. The van der Waals surface area contributed by atoms with E-state index in [0.717, 1.165) is 44.5 Å². The van der Waals surface area contributed by atoms with Crippen LogP contribution in [0, 0.1) is 17.2 Å². The molecule has 172 valence electrons. The summed E-state index contributed by atoms with van der Waals surface area (Å²) < 4.78 is 5.53. The summed E-state index contributed by atoms with van der Waals surface area (Å²) in [6.45, 7) is 8.15. The van der Waals surface area contributed by atoms with Crippen molar-refractivity contribution in [1.82, 2.24) is 19.8 Å². The molecule has 0 saturated carbocycles. The van der Waals surface area contributed by atoms with Gasteiger partial charge in [0.05, 0.1) is 37.0 Å². The number of fused-ring (bicyclic) bond motifs is 1. The van der Waals surface area contributed by atoms with E-state index in [0.29, 0.717) is 29.9 Å². The number of hydrogen-bond donors (Lipinski definition) is 2. The van der Waals surface area contributed by atoms with E-state index < -0.39 is 0 Å². The Morgan fingerprint density at radius 3 is 2.94 bits per heavy atom. The number of piperazine rings is 1. The molecule has 0 bridgehead atoms. The number of nitrogens with one attached hydrogen (secondary N) is 1. The van der Waals surface area contributed by atoms with Crippen molar-refractivity contribution in [2.24, 2.45) is 16.6 Å². The van der Waals surface area contributed by atoms with E-state index in [1.54, 1.807) is 26.6 Å². The first-order chi connectivity index (χ1) is 15.5. The zero-order chi connectivity index (χ0) is 22.7. The van der Waals surface area contributed by atoms with Crippen molar-refractivity contribution < 1.29 is 4.74 Å². The topological polar surface area (TPSA) is 119 Å². The minimum atomic E-state index is -0.145. The molecule has 32 heavy (non-hydrogen) atoms. The van der Waals surface area contributed by atoms with Gasteiger partial charge < -0.3 is 20.7 Å². The Kier molecular flexibility index (Phi) is 6.48. The van der Waals surface area contributed by atoms with Gasteiger partial charge in [-0.1, -0.05) is 6.92 Å². The SMILES string of the molecule is CN=C/C(=C\N)Nc1ncc(OC)c(N2CC(CC#N)(N3CCN4C[C@H](C)C[C@H]4C3)C2)n1. The van der Waals surface area contributed by atoms with Gasteiger partial charge in [0, 0.05) is 64.8 Å². The fraction of sp³-hybridized carbons (Fsp3) is 0.636. The van der Waals surface area contributed by atoms with Crippen molar-refractivity contribution in [3.63, 3.8) is 0 Å². The maximum atomic E-state index is 9.61. The summed E-state index contributed by atoms with van der Waals surface area (Å²) in [5.41, 5.74) is 6.11. The molecular weight excluding hydrogens is 406 g/mol. The number of aromatic nitrogens is 2. The summed E-state index contributed by atoms with van der Waals surface area (Å²) in [7, 11) is 3.29. The summed E-state index contributed by atoms with van der Waals surface area (Å²) >= 11 is 0. The average molecular weight is 440 g/mol. The molecule has 3 aliphatic rings. The number of nitrogens with zero attached hydrogens (tertiary/aromatic N) is 7. The highest BCUT2D eigenvalue weighted by Gasteiger charge is 2.51. The third-order valence-corrected chi connectivity index (χ3v) is 6.83. The molecule has 0 amide bonds. The van der Waals surface area contributed by atoms with Gasteiger partial charge in [0.2, 0.25) is 5.95 Å². The Balaban J connectivity index is 1.51. The third kappa shape index (κ3) is 4.23. The van der Waals surface area contributed by atoms with Gasteiger partial charge in [0.15, 0.2) is 11.6 Å². The highest BCUT2D eigenvalue weighted by molar-refractivity contribution is 5.82. The molecule has 3 fully saturated rings. The van der Waals surface area contributed by atoms with Crippen LogP contribution in [0.25, 0.3) is 0 Å². The minimum Gasteiger partial charge on any atom is -0.491 e. The quantitative estimate of drug-likeness (QED) is 0.597. The minimum absolute atomic E-state index is 0.145. The van der Waals surface area contributed by atoms with Gasteiger partial charge in [-0.3, -0.25) is 14.8 Å². The molecule has 4 rings (SSSR count). The molecule has 2 atom stereocenters. The molecule has 0 aromatic carbocycles. The number of nitriles is 1. The number of methoxy groups -OCH3 is 1. The Morgan fingerprint density at radius 1 is 1.44 bits per heavy atom. The van der Waals surface area contributed by atoms with Crippen LogP contribution in [0.5, 0.6) is 5.75 Å². The number of rotatable bonds is 7. The Morgan fingerprint density at radius 2 is 2.25 bits per heavy atom. The van der Waals surface area contributed by atoms with Crippen molar-refractivity contribution in [2.45, 2.75) is 31.3 Å². The number of ether oxygens (including phenoxy) is 1. The predicted octanol–water partition coefficient (Wildman–Crippen LogP) is 0.896. The summed E-state index contributed by atoms with van der Waals surface area (Å²) in [6.07, 6.45) is 6.45. The van der Waals surface area contributed by atoms with Crippen molar-refractivity contribution in [2.75, 3.05) is 63.6 Å². The number of allylic oxidation sites excluding steroid dienone is 1. The molecule has 0 spiro atoms. The molecule has 1 aromatic rings. The number of hydrogen-bond acceptors (Lipinski definition) is 10. The van der Waals surface area contributed by atoms with Crippen molar-refractivity contribution in [3.05, 3.63) is 18.1 Å². The molecule has 0 radical (unpaired) electrons. The smallest absolute Gasteiger partial charge is 0.229 e. The lowest BCUT2D eigenvalue weighted by Gasteiger charge is -2.58. The summed E-state index contributed by atoms with van der Waals surface area (Å²) in [4.78, 5) is 20.3. The van der Waals surface area contributed by atoms with Gasteiger partial charge in [-0.05, 0) is 12.3 Å². The molecule has 4 heterocycles. The first-order valence-electron chi connectivity index (χ1n) is 11.1. The zero-order valence-electron chi connectivity index (χ0n) is 19.2. The van der Waals surface area contributed by atoms with E-state index in [1.165, 1.54) is 19.2 Å². The molecule has 0 aliphatic carbocycles. The molecule has 0 unspecified atom stereocenters. The number of nitrogens with two attached hydrogens (primary N) is 1. The van der Waals surface area contributed by atoms with Crippen LogP contribution in [0.1, 0.15) is 19.8 Å². The molecule has 10 nitrogen and oxygen atoms in total. The highest BCUT2D eigenvalue weighted by atomic mass is 16.5. The summed E-state index contributed by atoms with van der Waals surface area (Å²) in [6, 6.07) is 3.05. The molecule has 1 aromatic heterocycles. The van der Waals surface area contributed by atoms with E-state index in [9.17, 15) is 5.26 Å². The van der Waals surface area contributed by atoms with E-state index in [4.69, 9.17) is 10.5 Å². The predicted molar refractivity (Wildman–Crippen MR) is 125 cm³/mol. The van der Waals surface area contributed by atoms with Crippen LogP contribution in [0.4, 0.5) is 11.8 Å². The van der Waals surface area contributed by atoms with Gasteiger partial charge in [0.1, 0.15) is 0 Å². The first-order valence-corrected chi connectivity index (χ1v) is 11.1. The zero-order valence-corrected chi connectivity index (χ0v) is 19.2. The van der Waals surface area contributed by atoms with Crippen LogP contribution in [0.2, 0.25) is 0 Å². The van der Waals surface area contributed by atoms with E-state index in [-0.39, 0.29) is 5.54 Å². The van der Waals surface area contributed by atoms with Crippen molar-refractivity contribution >= 4 is 18.0 Å². The van der Waals surface area contributed by atoms with Crippen LogP contribution in [-0.4, -0.2) is 91.0 Å². The van der Waals surface area contributed by atoms with Gasteiger partial charge in [0.25, 0.3) is 0 Å². The lowest BCUT2D eigenvalue weighted by Crippen LogP contribution is -2.73. The van der Waals surface area contributed by atoms with Crippen LogP contribution < -0.4 is 20.7 Å². The van der Waals surface area contributed by atoms with Crippen LogP contribution in [-0.2, 0) is 0 Å². The average Bonchev–Trinajstić information content (AvgIpc) is 3.14. The van der Waals surface area contributed by atoms with Crippen molar-refractivity contribution in [3.8, 4) is 11.8 Å². The summed E-state index contributed by atoms with van der Waals surface area (Å²) in [5.74, 6) is 2.50. The Hall–Kier alpha value is -2.90. The first kappa shape index (κ1) is 22.3. The standard InChI is InChI=1S/C22H33N9O/c1-16-8-18-13-31(7-6-29(18)12-16)22(4-5-23)14-30(15-22)20-19(32-3)11-26-21(28-20)27-17(9-24)10-25-2/h9-11,16,18H,4,6-8,12-15,24H2,1-3H3,(H,26,27,28)/b17-9+,25-10?/t16-,18+/m1/s1. The van der Waals surface area contributed by atoms with Crippen LogP contribution in [0.15, 0.2) is 23.1 Å². The molecule has 3 N–H and O–H groups in total. The second kappa shape index (κ2) is 9.30.